The number of aromatic nitrogens is 1. The molecule has 0 aliphatic rings. The van der Waals surface area contributed by atoms with Crippen molar-refractivity contribution in [1.29, 1.82) is 0 Å². The first-order valence-corrected chi connectivity index (χ1v) is 6.49. The van der Waals surface area contributed by atoms with Crippen molar-refractivity contribution in [3.05, 3.63) is 59.2 Å². The van der Waals surface area contributed by atoms with Crippen molar-refractivity contribution in [2.24, 2.45) is 0 Å². The van der Waals surface area contributed by atoms with Crippen LogP contribution >= 0.6 is 15.9 Å². The highest BCUT2D eigenvalue weighted by atomic mass is 79.9. The normalized spacial score (nSPS) is 10.8. The lowest BCUT2D eigenvalue weighted by Gasteiger charge is -2.08. The number of halogens is 1. The maximum atomic E-state index is 5.18. The Morgan fingerprint density at radius 3 is 2.44 bits per heavy atom. The van der Waals surface area contributed by atoms with Crippen LogP contribution in [0.5, 0.6) is 5.75 Å². The van der Waals surface area contributed by atoms with Crippen molar-refractivity contribution >= 4 is 26.8 Å². The molecule has 3 heteroatoms. The lowest BCUT2D eigenvalue weighted by molar-refractivity contribution is 0.415. The van der Waals surface area contributed by atoms with Gasteiger partial charge in [-0.05, 0) is 52.3 Å². The summed E-state index contributed by atoms with van der Waals surface area (Å²) in [5, 5.41) is 1.22. The monoisotopic (exact) mass is 301 g/mol. The zero-order valence-electron chi connectivity index (χ0n) is 9.93. The summed E-state index contributed by atoms with van der Waals surface area (Å²) in [6.07, 6.45) is 0. The van der Waals surface area contributed by atoms with E-state index >= 15 is 0 Å². The molecule has 0 unspecified atom stereocenters. The maximum Gasteiger partial charge on any atom is 0.119 e. The highest BCUT2D eigenvalue weighted by Crippen LogP contribution is 2.28. The molecule has 0 spiro atoms. The third-order valence-electron chi connectivity index (χ3n) is 3.00. The van der Waals surface area contributed by atoms with Crippen LogP contribution in [-0.2, 0) is 0 Å². The number of hydrogen-bond acceptors (Lipinski definition) is 1. The Balaban J connectivity index is 2.20. The standard InChI is InChI=1S/C15H12BrNO/c1-18-13-8-6-12(7-9-13)17-14-5-3-2-4-11(14)10-15(17)16/h2-10H,1H3. The van der Waals surface area contributed by atoms with Gasteiger partial charge >= 0.3 is 0 Å². The molecule has 1 aromatic heterocycles. The number of benzene rings is 2. The van der Waals surface area contributed by atoms with Crippen LogP contribution in [0.25, 0.3) is 16.6 Å². The molecule has 3 rings (SSSR count). The fourth-order valence-corrected chi connectivity index (χ4v) is 2.76. The Morgan fingerprint density at radius 1 is 1.00 bits per heavy atom. The van der Waals surface area contributed by atoms with E-state index in [0.717, 1.165) is 16.0 Å². The van der Waals surface area contributed by atoms with Crippen molar-refractivity contribution in [3.63, 3.8) is 0 Å². The molecule has 0 amide bonds. The first-order chi connectivity index (χ1) is 8.79. The second-order valence-electron chi connectivity index (χ2n) is 4.06. The number of rotatable bonds is 2. The van der Waals surface area contributed by atoms with Gasteiger partial charge in [0.2, 0.25) is 0 Å². The van der Waals surface area contributed by atoms with E-state index in [9.17, 15) is 0 Å². The molecule has 2 aromatic carbocycles. The van der Waals surface area contributed by atoms with Gasteiger partial charge in [0.05, 0.1) is 17.2 Å². The van der Waals surface area contributed by atoms with Gasteiger partial charge in [-0.1, -0.05) is 18.2 Å². The van der Waals surface area contributed by atoms with E-state index in [1.54, 1.807) is 7.11 Å². The lowest BCUT2D eigenvalue weighted by Crippen LogP contribution is -1.93. The molecule has 1 heterocycles. The average molecular weight is 302 g/mol. The summed E-state index contributed by atoms with van der Waals surface area (Å²) in [5.41, 5.74) is 2.30. The second-order valence-corrected chi connectivity index (χ2v) is 4.87. The van der Waals surface area contributed by atoms with Crippen LogP contribution in [0, 0.1) is 0 Å². The van der Waals surface area contributed by atoms with Gasteiger partial charge in [0.25, 0.3) is 0 Å². The van der Waals surface area contributed by atoms with E-state index in [-0.39, 0.29) is 0 Å². The van der Waals surface area contributed by atoms with Crippen LogP contribution in [-0.4, -0.2) is 11.7 Å². The van der Waals surface area contributed by atoms with Gasteiger partial charge in [0.15, 0.2) is 0 Å². The minimum atomic E-state index is 0.867. The predicted molar refractivity (Wildman–Crippen MR) is 77.5 cm³/mol. The van der Waals surface area contributed by atoms with E-state index in [0.29, 0.717) is 0 Å². The molecule has 0 atom stereocenters. The highest BCUT2D eigenvalue weighted by molar-refractivity contribution is 9.10. The Bertz CT molecular complexity index is 685. The number of nitrogens with zero attached hydrogens (tertiary/aromatic N) is 1. The van der Waals surface area contributed by atoms with Gasteiger partial charge in [-0.3, -0.25) is 0 Å². The van der Waals surface area contributed by atoms with Crippen LogP contribution in [0.1, 0.15) is 0 Å². The van der Waals surface area contributed by atoms with Gasteiger partial charge in [0, 0.05) is 11.1 Å². The maximum absolute atomic E-state index is 5.18. The van der Waals surface area contributed by atoms with E-state index in [1.807, 2.05) is 18.2 Å². The lowest BCUT2D eigenvalue weighted by atomic mass is 10.2. The van der Waals surface area contributed by atoms with Crippen molar-refractivity contribution in [1.82, 2.24) is 4.57 Å². The van der Waals surface area contributed by atoms with Crippen LogP contribution in [0.2, 0.25) is 0 Å². The zero-order chi connectivity index (χ0) is 12.5. The topological polar surface area (TPSA) is 14.2 Å². The van der Waals surface area contributed by atoms with Crippen molar-refractivity contribution < 1.29 is 4.74 Å². The number of para-hydroxylation sites is 1. The molecule has 0 radical (unpaired) electrons. The SMILES string of the molecule is COc1ccc(-n2c(Br)cc3ccccc32)cc1. The molecule has 0 fully saturated rings. The summed E-state index contributed by atoms with van der Waals surface area (Å²) in [5.74, 6) is 0.867. The summed E-state index contributed by atoms with van der Waals surface area (Å²) < 4.78 is 8.41. The van der Waals surface area contributed by atoms with E-state index in [1.165, 1.54) is 10.9 Å². The number of fused-ring (bicyclic) bond motifs is 1. The predicted octanol–water partition coefficient (Wildman–Crippen LogP) is 4.40. The Labute approximate surface area is 114 Å². The summed E-state index contributed by atoms with van der Waals surface area (Å²) in [6, 6.07) is 18.5. The minimum absolute atomic E-state index is 0.867. The van der Waals surface area contributed by atoms with Gasteiger partial charge in [0.1, 0.15) is 5.75 Å². The summed E-state index contributed by atoms with van der Waals surface area (Å²) in [6.45, 7) is 0. The zero-order valence-corrected chi connectivity index (χ0v) is 11.5. The minimum Gasteiger partial charge on any atom is -0.497 e. The van der Waals surface area contributed by atoms with Gasteiger partial charge in [-0.2, -0.15) is 0 Å². The molecular weight excluding hydrogens is 290 g/mol. The van der Waals surface area contributed by atoms with Crippen LogP contribution < -0.4 is 4.74 Å². The van der Waals surface area contributed by atoms with Crippen LogP contribution in [0.3, 0.4) is 0 Å². The molecule has 0 N–H and O–H groups in total. The smallest absolute Gasteiger partial charge is 0.119 e. The number of hydrogen-bond donors (Lipinski definition) is 0. The quantitative estimate of drug-likeness (QED) is 0.684. The van der Waals surface area contributed by atoms with Crippen molar-refractivity contribution in [2.75, 3.05) is 7.11 Å². The second kappa shape index (κ2) is 4.50. The molecule has 0 aliphatic heterocycles. The molecule has 90 valence electrons. The molecule has 0 aliphatic carbocycles. The molecular formula is C15H12BrNO. The van der Waals surface area contributed by atoms with Gasteiger partial charge in [-0.25, -0.2) is 0 Å². The molecule has 3 aromatic rings. The Hall–Kier alpha value is -1.74. The van der Waals surface area contributed by atoms with E-state index < -0.39 is 0 Å². The summed E-state index contributed by atoms with van der Waals surface area (Å²) in [7, 11) is 1.68. The number of methoxy groups -OCH3 is 1. The largest absolute Gasteiger partial charge is 0.497 e. The molecule has 2 nitrogen and oxygen atoms in total. The average Bonchev–Trinajstić information content (AvgIpc) is 2.75. The van der Waals surface area contributed by atoms with Crippen molar-refractivity contribution in [2.45, 2.75) is 0 Å². The van der Waals surface area contributed by atoms with Crippen LogP contribution in [0.4, 0.5) is 0 Å². The molecule has 18 heavy (non-hydrogen) atoms. The van der Waals surface area contributed by atoms with Crippen LogP contribution in [0.15, 0.2) is 59.2 Å². The van der Waals surface area contributed by atoms with E-state index in [4.69, 9.17) is 4.74 Å². The van der Waals surface area contributed by atoms with E-state index in [2.05, 4.69) is 56.9 Å². The molecule has 0 saturated heterocycles. The third-order valence-corrected chi connectivity index (χ3v) is 3.58. The Morgan fingerprint density at radius 2 is 1.72 bits per heavy atom. The van der Waals surface area contributed by atoms with Gasteiger partial charge < -0.3 is 9.30 Å². The fourth-order valence-electron chi connectivity index (χ4n) is 2.11. The molecule has 0 bridgehead atoms. The fraction of sp³-hybridized carbons (Fsp3) is 0.0667. The first-order valence-electron chi connectivity index (χ1n) is 5.70. The molecule has 0 saturated carbocycles. The summed E-state index contributed by atoms with van der Waals surface area (Å²) >= 11 is 3.61. The van der Waals surface area contributed by atoms with Gasteiger partial charge in [-0.15, -0.1) is 0 Å². The highest BCUT2D eigenvalue weighted by Gasteiger charge is 2.07. The Kier molecular flexibility index (Phi) is 2.84. The first kappa shape index (κ1) is 11.4. The number of ether oxygens (including phenoxy) is 1. The van der Waals surface area contributed by atoms with Crippen molar-refractivity contribution in [3.8, 4) is 11.4 Å². The third kappa shape index (κ3) is 1.81. The summed E-state index contributed by atoms with van der Waals surface area (Å²) in [4.78, 5) is 0.